The van der Waals surface area contributed by atoms with Crippen LogP contribution in [-0.4, -0.2) is 19.6 Å². The van der Waals surface area contributed by atoms with Crippen molar-refractivity contribution in [3.8, 4) is 0 Å². The average molecular weight is 366 g/mol. The Labute approximate surface area is 158 Å². The molecule has 4 rings (SSSR count). The third-order valence-corrected chi connectivity index (χ3v) is 5.59. The Morgan fingerprint density at radius 2 is 2.08 bits per heavy atom. The van der Waals surface area contributed by atoms with E-state index in [-0.39, 0.29) is 12.1 Å². The largest absolute Gasteiger partial charge is 0.467 e. The Bertz CT molecular complexity index is 917. The molecule has 3 aromatic heterocycles. The predicted octanol–water partition coefficient (Wildman–Crippen LogP) is 3.80. The molecule has 3 aromatic rings. The third kappa shape index (κ3) is 2.80. The Morgan fingerprint density at radius 1 is 1.23 bits per heavy atom. The van der Waals surface area contributed by atoms with Crippen LogP contribution >= 0.6 is 12.2 Å². The SMILES string of the molecule is Cc1cc([C@H]2[C@@H](c3ccccn3)NC(=S)N2Cc2ccco2)c(C)n1C. The lowest BCUT2D eigenvalue weighted by molar-refractivity contribution is 0.286. The summed E-state index contributed by atoms with van der Waals surface area (Å²) in [7, 11) is 2.10. The van der Waals surface area contributed by atoms with E-state index in [4.69, 9.17) is 16.6 Å². The quantitative estimate of drug-likeness (QED) is 0.712. The molecule has 0 aromatic carbocycles. The fraction of sp³-hybridized carbons (Fsp3) is 0.300. The molecule has 0 spiro atoms. The van der Waals surface area contributed by atoms with Gasteiger partial charge in [0, 0.05) is 24.6 Å². The predicted molar refractivity (Wildman–Crippen MR) is 105 cm³/mol. The molecule has 6 heteroatoms. The van der Waals surface area contributed by atoms with E-state index in [0.717, 1.165) is 16.6 Å². The Balaban J connectivity index is 1.79. The van der Waals surface area contributed by atoms with E-state index in [1.807, 2.05) is 30.5 Å². The Kier molecular flexibility index (Phi) is 4.28. The summed E-state index contributed by atoms with van der Waals surface area (Å²) in [5, 5.41) is 4.21. The van der Waals surface area contributed by atoms with Crippen LogP contribution in [-0.2, 0) is 13.6 Å². The second kappa shape index (κ2) is 6.61. The second-order valence-corrected chi connectivity index (χ2v) is 7.11. The van der Waals surface area contributed by atoms with Gasteiger partial charge in [-0.05, 0) is 62.0 Å². The van der Waals surface area contributed by atoms with Gasteiger partial charge in [-0.1, -0.05) is 6.07 Å². The summed E-state index contributed by atoms with van der Waals surface area (Å²) in [5.74, 6) is 0.895. The summed E-state index contributed by atoms with van der Waals surface area (Å²) in [5.41, 5.74) is 4.72. The van der Waals surface area contributed by atoms with Crippen molar-refractivity contribution < 1.29 is 4.42 Å². The molecule has 0 amide bonds. The van der Waals surface area contributed by atoms with E-state index < -0.39 is 0 Å². The van der Waals surface area contributed by atoms with Gasteiger partial charge in [0.2, 0.25) is 0 Å². The van der Waals surface area contributed by atoms with Crippen molar-refractivity contribution in [1.29, 1.82) is 0 Å². The molecule has 0 unspecified atom stereocenters. The Morgan fingerprint density at radius 3 is 2.69 bits per heavy atom. The summed E-state index contributed by atoms with van der Waals surface area (Å²) < 4.78 is 7.80. The van der Waals surface area contributed by atoms with Crippen LogP contribution in [0.3, 0.4) is 0 Å². The van der Waals surface area contributed by atoms with E-state index >= 15 is 0 Å². The van der Waals surface area contributed by atoms with Gasteiger partial charge >= 0.3 is 0 Å². The molecule has 134 valence electrons. The molecule has 1 N–H and O–H groups in total. The van der Waals surface area contributed by atoms with E-state index in [9.17, 15) is 0 Å². The molecule has 1 saturated heterocycles. The molecule has 26 heavy (non-hydrogen) atoms. The first-order chi connectivity index (χ1) is 12.6. The number of aromatic nitrogens is 2. The molecule has 0 bridgehead atoms. The molecule has 0 saturated carbocycles. The molecule has 2 atom stereocenters. The van der Waals surface area contributed by atoms with Crippen LogP contribution in [0, 0.1) is 13.8 Å². The van der Waals surface area contributed by atoms with Crippen molar-refractivity contribution in [2.24, 2.45) is 7.05 Å². The molecule has 5 nitrogen and oxygen atoms in total. The lowest BCUT2D eigenvalue weighted by Gasteiger charge is -2.27. The number of nitrogens with zero attached hydrogens (tertiary/aromatic N) is 3. The molecule has 1 aliphatic rings. The lowest BCUT2D eigenvalue weighted by Crippen LogP contribution is -2.29. The number of hydrogen-bond donors (Lipinski definition) is 1. The van der Waals surface area contributed by atoms with Crippen LogP contribution in [0.5, 0.6) is 0 Å². The molecule has 0 radical (unpaired) electrons. The van der Waals surface area contributed by atoms with Gasteiger partial charge in [-0.25, -0.2) is 0 Å². The minimum atomic E-state index is -0.000776. The van der Waals surface area contributed by atoms with Crippen LogP contribution in [0.15, 0.2) is 53.3 Å². The van der Waals surface area contributed by atoms with Crippen LogP contribution in [0.4, 0.5) is 0 Å². The van der Waals surface area contributed by atoms with Gasteiger partial charge in [0.15, 0.2) is 5.11 Å². The van der Waals surface area contributed by atoms with Crippen molar-refractivity contribution in [1.82, 2.24) is 19.8 Å². The van der Waals surface area contributed by atoms with Gasteiger partial charge < -0.3 is 19.2 Å². The highest BCUT2D eigenvalue weighted by Gasteiger charge is 2.41. The number of aryl methyl sites for hydroxylation is 1. The van der Waals surface area contributed by atoms with E-state index in [0.29, 0.717) is 6.54 Å². The highest BCUT2D eigenvalue weighted by atomic mass is 32.1. The van der Waals surface area contributed by atoms with Crippen LogP contribution in [0.25, 0.3) is 0 Å². The first kappa shape index (κ1) is 16.8. The smallest absolute Gasteiger partial charge is 0.170 e. The number of hydrogen-bond acceptors (Lipinski definition) is 3. The van der Waals surface area contributed by atoms with Crippen molar-refractivity contribution >= 4 is 17.3 Å². The summed E-state index contributed by atoms with van der Waals surface area (Å²) >= 11 is 5.69. The van der Waals surface area contributed by atoms with E-state index in [1.54, 1.807) is 6.26 Å². The second-order valence-electron chi connectivity index (χ2n) is 6.72. The maximum absolute atomic E-state index is 5.69. The number of nitrogens with one attached hydrogen (secondary N) is 1. The highest BCUT2D eigenvalue weighted by molar-refractivity contribution is 7.80. The highest BCUT2D eigenvalue weighted by Crippen LogP contribution is 2.41. The third-order valence-electron chi connectivity index (χ3n) is 5.24. The maximum atomic E-state index is 5.69. The fourth-order valence-corrected chi connectivity index (χ4v) is 3.97. The van der Waals surface area contributed by atoms with Crippen molar-refractivity contribution in [2.75, 3.05) is 0 Å². The average Bonchev–Trinajstić information content (AvgIpc) is 3.33. The van der Waals surface area contributed by atoms with Crippen LogP contribution in [0.2, 0.25) is 0 Å². The molecular weight excluding hydrogens is 344 g/mol. The van der Waals surface area contributed by atoms with Crippen LogP contribution < -0.4 is 5.32 Å². The monoisotopic (exact) mass is 366 g/mol. The molecular formula is C20H22N4OS. The summed E-state index contributed by atoms with van der Waals surface area (Å²) in [6.07, 6.45) is 3.53. The summed E-state index contributed by atoms with van der Waals surface area (Å²) in [6.45, 7) is 4.91. The minimum absolute atomic E-state index is 0.000776. The Hall–Kier alpha value is -2.60. The van der Waals surface area contributed by atoms with Gasteiger partial charge in [-0.15, -0.1) is 0 Å². The first-order valence-corrected chi connectivity index (χ1v) is 9.10. The van der Waals surface area contributed by atoms with Crippen molar-refractivity contribution in [3.05, 3.63) is 77.3 Å². The van der Waals surface area contributed by atoms with Gasteiger partial charge in [0.1, 0.15) is 5.76 Å². The molecule has 4 heterocycles. The van der Waals surface area contributed by atoms with Crippen LogP contribution in [0.1, 0.15) is 40.5 Å². The molecule has 0 aliphatic carbocycles. The summed E-state index contributed by atoms with van der Waals surface area (Å²) in [6, 6.07) is 12.2. The van der Waals surface area contributed by atoms with E-state index in [1.165, 1.54) is 17.0 Å². The van der Waals surface area contributed by atoms with Crippen molar-refractivity contribution in [3.63, 3.8) is 0 Å². The van der Waals surface area contributed by atoms with Gasteiger partial charge in [-0.2, -0.15) is 0 Å². The topological polar surface area (TPSA) is 46.2 Å². The number of pyridine rings is 1. The van der Waals surface area contributed by atoms with Gasteiger partial charge in [0.25, 0.3) is 0 Å². The number of rotatable bonds is 4. The number of furan rings is 1. The first-order valence-electron chi connectivity index (χ1n) is 8.69. The zero-order valence-corrected chi connectivity index (χ0v) is 16.0. The zero-order chi connectivity index (χ0) is 18.3. The fourth-order valence-electron chi connectivity index (χ4n) is 3.67. The summed E-state index contributed by atoms with van der Waals surface area (Å²) in [4.78, 5) is 6.79. The molecule has 1 aliphatic heterocycles. The maximum Gasteiger partial charge on any atom is 0.170 e. The lowest BCUT2D eigenvalue weighted by atomic mass is 9.96. The van der Waals surface area contributed by atoms with Gasteiger partial charge in [-0.3, -0.25) is 4.98 Å². The minimum Gasteiger partial charge on any atom is -0.467 e. The zero-order valence-electron chi connectivity index (χ0n) is 15.1. The molecule has 1 fully saturated rings. The van der Waals surface area contributed by atoms with Gasteiger partial charge in [0.05, 0.1) is 30.6 Å². The van der Waals surface area contributed by atoms with Crippen molar-refractivity contribution in [2.45, 2.75) is 32.5 Å². The number of thiocarbonyl (C=S) groups is 1. The standard InChI is InChI=1S/C20H22N4OS/c1-13-11-16(14(2)23(13)3)19-18(17-8-4-5-9-21-17)22-20(26)24(19)12-15-7-6-10-25-15/h4-11,18-19H,12H2,1-3H3,(H,22,26)/t18-,19+/m1/s1. The van der Waals surface area contributed by atoms with E-state index in [2.05, 4.69) is 52.8 Å². The normalized spacial score (nSPS) is 19.8.